The first kappa shape index (κ1) is 8.90. The van der Waals surface area contributed by atoms with Crippen LogP contribution in [0.4, 0.5) is 0 Å². The van der Waals surface area contributed by atoms with Gasteiger partial charge >= 0.3 is 0 Å². The highest BCUT2D eigenvalue weighted by molar-refractivity contribution is 5.31. The number of aromatic amines is 3. The number of aromatic nitrogens is 6. The topological polar surface area (TPSA) is 86.0 Å². The first-order chi connectivity index (χ1) is 7.95. The molecule has 0 fully saturated rings. The van der Waals surface area contributed by atoms with Crippen LogP contribution in [0.15, 0.2) is 36.8 Å². The van der Waals surface area contributed by atoms with Gasteiger partial charge in [0.1, 0.15) is 0 Å². The molecule has 0 bridgehead atoms. The molecule has 0 radical (unpaired) electrons. The molecule has 6 heteroatoms. The average Bonchev–Trinajstić information content (AvgIpc) is 3.02. The van der Waals surface area contributed by atoms with E-state index in [2.05, 4.69) is 30.6 Å². The molecule has 16 heavy (non-hydrogen) atoms. The van der Waals surface area contributed by atoms with E-state index in [9.17, 15) is 0 Å². The SMILES string of the molecule is c1cc(C(c2ccn[nH]2)c2ccn[nH]2)[nH]n1. The lowest BCUT2D eigenvalue weighted by atomic mass is 9.98. The van der Waals surface area contributed by atoms with Crippen molar-refractivity contribution in [3.05, 3.63) is 53.9 Å². The Bertz CT molecular complexity index is 440. The smallest absolute Gasteiger partial charge is 0.0840 e. The van der Waals surface area contributed by atoms with Gasteiger partial charge in [0.25, 0.3) is 0 Å². The highest BCUT2D eigenvalue weighted by atomic mass is 15.1. The molecule has 3 aromatic rings. The van der Waals surface area contributed by atoms with Gasteiger partial charge in [0.15, 0.2) is 0 Å². The molecule has 0 saturated heterocycles. The van der Waals surface area contributed by atoms with Crippen LogP contribution in [-0.4, -0.2) is 30.6 Å². The van der Waals surface area contributed by atoms with Gasteiger partial charge in [-0.05, 0) is 18.2 Å². The maximum Gasteiger partial charge on any atom is 0.0840 e. The minimum absolute atomic E-state index is 0.0347. The fourth-order valence-electron chi connectivity index (χ4n) is 1.78. The minimum atomic E-state index is 0.0347. The standard InChI is InChI=1S/C10H10N6/c1-4-11-14-7(1)10(8-2-5-12-15-8)9-3-6-13-16-9/h1-6,10H,(H,11,14)(H,12,15)(H,13,16). The molecular formula is C10H10N6. The van der Waals surface area contributed by atoms with Gasteiger partial charge in [-0.1, -0.05) is 0 Å². The first-order valence-electron chi connectivity index (χ1n) is 4.93. The number of hydrogen-bond donors (Lipinski definition) is 3. The summed E-state index contributed by atoms with van der Waals surface area (Å²) >= 11 is 0. The summed E-state index contributed by atoms with van der Waals surface area (Å²) in [5.41, 5.74) is 2.98. The van der Waals surface area contributed by atoms with Gasteiger partial charge < -0.3 is 0 Å². The second-order valence-corrected chi connectivity index (χ2v) is 3.47. The van der Waals surface area contributed by atoms with Crippen molar-refractivity contribution in [2.75, 3.05) is 0 Å². The molecular weight excluding hydrogens is 204 g/mol. The molecule has 3 rings (SSSR count). The first-order valence-corrected chi connectivity index (χ1v) is 4.93. The van der Waals surface area contributed by atoms with Gasteiger partial charge in [-0.2, -0.15) is 15.3 Å². The maximum atomic E-state index is 3.97. The van der Waals surface area contributed by atoms with Crippen molar-refractivity contribution >= 4 is 0 Å². The maximum absolute atomic E-state index is 3.97. The molecule has 0 aliphatic carbocycles. The molecule has 80 valence electrons. The van der Waals surface area contributed by atoms with Crippen LogP contribution in [0.2, 0.25) is 0 Å². The summed E-state index contributed by atoms with van der Waals surface area (Å²) in [6.07, 6.45) is 5.19. The second kappa shape index (κ2) is 3.65. The Morgan fingerprint density at radius 1 is 0.688 bits per heavy atom. The fraction of sp³-hybridized carbons (Fsp3) is 0.100. The van der Waals surface area contributed by atoms with Crippen molar-refractivity contribution in [2.24, 2.45) is 0 Å². The number of H-pyrrole nitrogens is 3. The number of hydrogen-bond acceptors (Lipinski definition) is 3. The number of nitrogens with zero attached hydrogens (tertiary/aromatic N) is 3. The Hall–Kier alpha value is -2.37. The van der Waals surface area contributed by atoms with Gasteiger partial charge in [-0.15, -0.1) is 0 Å². The zero-order valence-corrected chi connectivity index (χ0v) is 8.38. The third-order valence-electron chi connectivity index (χ3n) is 2.50. The summed E-state index contributed by atoms with van der Waals surface area (Å²) in [6, 6.07) is 5.81. The molecule has 6 nitrogen and oxygen atoms in total. The second-order valence-electron chi connectivity index (χ2n) is 3.47. The van der Waals surface area contributed by atoms with E-state index in [0.717, 1.165) is 17.1 Å². The normalized spacial score (nSPS) is 11.1. The summed E-state index contributed by atoms with van der Waals surface area (Å²) in [5.74, 6) is 0.0347. The highest BCUT2D eigenvalue weighted by Crippen LogP contribution is 2.26. The van der Waals surface area contributed by atoms with Crippen molar-refractivity contribution in [1.82, 2.24) is 30.6 Å². The van der Waals surface area contributed by atoms with Gasteiger partial charge in [0.05, 0.1) is 23.0 Å². The molecule has 0 saturated carbocycles. The molecule has 0 aliphatic rings. The van der Waals surface area contributed by atoms with Crippen molar-refractivity contribution in [3.63, 3.8) is 0 Å². The van der Waals surface area contributed by atoms with Crippen molar-refractivity contribution in [2.45, 2.75) is 5.92 Å². The van der Waals surface area contributed by atoms with Crippen LogP contribution < -0.4 is 0 Å². The van der Waals surface area contributed by atoms with Crippen molar-refractivity contribution in [3.8, 4) is 0 Å². The van der Waals surface area contributed by atoms with E-state index >= 15 is 0 Å². The van der Waals surface area contributed by atoms with Gasteiger partial charge in [-0.25, -0.2) is 0 Å². The van der Waals surface area contributed by atoms with E-state index in [1.807, 2.05) is 18.2 Å². The lowest BCUT2D eigenvalue weighted by Gasteiger charge is -2.10. The minimum Gasteiger partial charge on any atom is -0.281 e. The number of nitrogens with one attached hydrogen (secondary N) is 3. The summed E-state index contributed by atoms with van der Waals surface area (Å²) in [7, 11) is 0. The van der Waals surface area contributed by atoms with Crippen LogP contribution >= 0.6 is 0 Å². The van der Waals surface area contributed by atoms with Gasteiger partial charge in [0, 0.05) is 18.6 Å². The highest BCUT2D eigenvalue weighted by Gasteiger charge is 2.20. The summed E-state index contributed by atoms with van der Waals surface area (Å²) < 4.78 is 0. The summed E-state index contributed by atoms with van der Waals surface area (Å²) in [6.45, 7) is 0. The largest absolute Gasteiger partial charge is 0.281 e. The van der Waals surface area contributed by atoms with E-state index in [-0.39, 0.29) is 5.92 Å². The van der Waals surface area contributed by atoms with Crippen LogP contribution in [0.25, 0.3) is 0 Å². The molecule has 0 aromatic carbocycles. The lowest BCUT2D eigenvalue weighted by Crippen LogP contribution is -2.05. The molecule has 0 spiro atoms. The molecule has 3 aromatic heterocycles. The zero-order valence-electron chi connectivity index (χ0n) is 8.38. The van der Waals surface area contributed by atoms with Crippen molar-refractivity contribution in [1.29, 1.82) is 0 Å². The molecule has 0 atom stereocenters. The molecule has 0 aliphatic heterocycles. The quantitative estimate of drug-likeness (QED) is 0.608. The Balaban J connectivity index is 2.09. The van der Waals surface area contributed by atoms with E-state index in [1.165, 1.54) is 0 Å². The van der Waals surface area contributed by atoms with Crippen molar-refractivity contribution < 1.29 is 0 Å². The molecule has 0 unspecified atom stereocenters. The lowest BCUT2D eigenvalue weighted by molar-refractivity contribution is 0.810. The van der Waals surface area contributed by atoms with Gasteiger partial charge in [-0.3, -0.25) is 15.3 Å². The van der Waals surface area contributed by atoms with E-state index in [0.29, 0.717) is 0 Å². The Morgan fingerprint density at radius 2 is 1.06 bits per heavy atom. The molecule has 3 heterocycles. The number of rotatable bonds is 3. The van der Waals surface area contributed by atoms with E-state index in [4.69, 9.17) is 0 Å². The van der Waals surface area contributed by atoms with Crippen LogP contribution in [0.3, 0.4) is 0 Å². The average molecular weight is 214 g/mol. The predicted molar refractivity (Wildman–Crippen MR) is 56.7 cm³/mol. The van der Waals surface area contributed by atoms with Crippen LogP contribution in [0.1, 0.15) is 23.0 Å². The molecule has 3 N–H and O–H groups in total. The predicted octanol–water partition coefficient (Wildman–Crippen LogP) is 1.04. The Kier molecular flexibility index (Phi) is 2.03. The zero-order chi connectivity index (χ0) is 10.8. The summed E-state index contributed by atoms with van der Waals surface area (Å²) in [5, 5.41) is 20.8. The van der Waals surface area contributed by atoms with Gasteiger partial charge in [0.2, 0.25) is 0 Å². The third-order valence-corrected chi connectivity index (χ3v) is 2.50. The fourth-order valence-corrected chi connectivity index (χ4v) is 1.78. The Morgan fingerprint density at radius 3 is 1.31 bits per heavy atom. The summed E-state index contributed by atoms with van der Waals surface area (Å²) in [4.78, 5) is 0. The van der Waals surface area contributed by atoms with Crippen LogP contribution in [-0.2, 0) is 0 Å². The Labute approximate surface area is 91.1 Å². The monoisotopic (exact) mass is 214 g/mol. The third kappa shape index (κ3) is 1.40. The van der Waals surface area contributed by atoms with Crippen LogP contribution in [0, 0.1) is 0 Å². The van der Waals surface area contributed by atoms with E-state index in [1.54, 1.807) is 18.6 Å². The molecule has 0 amide bonds. The van der Waals surface area contributed by atoms with E-state index < -0.39 is 0 Å². The van der Waals surface area contributed by atoms with Crippen LogP contribution in [0.5, 0.6) is 0 Å².